The predicted molar refractivity (Wildman–Crippen MR) is 44.7 cm³/mol. The van der Waals surface area contributed by atoms with Crippen molar-refractivity contribution in [1.82, 2.24) is 0 Å². The Morgan fingerprint density at radius 3 is 2.36 bits per heavy atom. The van der Waals surface area contributed by atoms with E-state index in [2.05, 4.69) is 11.7 Å². The second-order valence-corrected chi connectivity index (χ2v) is 2.73. The molecule has 0 aliphatic rings. The maximum absolute atomic E-state index is 10.2. The summed E-state index contributed by atoms with van der Waals surface area (Å²) in [4.78, 5) is 10.4. The lowest BCUT2D eigenvalue weighted by molar-refractivity contribution is 0.0702. The molecular weight excluding hydrogens is 188 g/mol. The molecule has 0 atom stereocenters. The van der Waals surface area contributed by atoms with Gasteiger partial charge in [-0.3, -0.25) is 11.7 Å². The minimum atomic E-state index is -0.963. The topological polar surface area (TPSA) is 89.3 Å². The van der Waals surface area contributed by atoms with E-state index >= 15 is 0 Å². The highest BCUT2D eigenvalue weighted by Crippen LogP contribution is 2.21. The molecule has 0 radical (unpaired) electrons. The summed E-state index contributed by atoms with van der Waals surface area (Å²) in [5.41, 5.74) is 0. The first-order valence-corrected chi connectivity index (χ1v) is 3.77. The minimum Gasteiger partial charge on any atom is -0.477 e. The average Bonchev–Trinajstić information content (AvgIpc) is 2.39. The molecule has 11 heavy (non-hydrogen) atoms. The normalized spacial score (nSPS) is 8.27. The Morgan fingerprint density at radius 2 is 2.18 bits per heavy atom. The molecule has 0 amide bonds. The molecule has 5 N–H and O–H groups in total. The summed E-state index contributed by atoms with van der Waals surface area (Å²) < 4.78 is 0. The van der Waals surface area contributed by atoms with Crippen molar-refractivity contribution in [2.45, 2.75) is 0 Å². The van der Waals surface area contributed by atoms with Gasteiger partial charge in [0.15, 0.2) is 0 Å². The number of hydrogen-bond acceptors (Lipinski definition) is 4. The van der Waals surface area contributed by atoms with Crippen LogP contribution in [0, 0.1) is 0 Å². The molecule has 0 saturated carbocycles. The van der Waals surface area contributed by atoms with Gasteiger partial charge in [-0.25, -0.2) is 4.79 Å². The summed E-state index contributed by atoms with van der Waals surface area (Å²) in [6.07, 6.45) is 0. The predicted octanol–water partition coefficient (Wildman–Crippen LogP) is 0.919. The highest BCUT2D eigenvalue weighted by Gasteiger charge is 2.07. The molecule has 0 saturated heterocycles. The minimum absolute atomic E-state index is 0.205. The third-order valence-electron chi connectivity index (χ3n) is 0.811. The van der Waals surface area contributed by atoms with Crippen LogP contribution >= 0.6 is 22.9 Å². The number of hydrogen-bond donors (Lipinski definition) is 3. The van der Waals surface area contributed by atoms with E-state index in [0.29, 0.717) is 5.02 Å². The van der Waals surface area contributed by atoms with Crippen LogP contribution in [0.15, 0.2) is 11.4 Å². The Bertz CT molecular complexity index is 238. The van der Waals surface area contributed by atoms with Gasteiger partial charge in [-0.15, -0.1) is 11.3 Å². The fraction of sp³-hybridized carbons (Fsp3) is 0. The molecule has 0 spiro atoms. The molecule has 4 nitrogen and oxygen atoms in total. The molecule has 6 heteroatoms. The molecule has 1 aromatic heterocycles. The molecule has 62 valence electrons. The van der Waals surface area contributed by atoms with Gasteiger partial charge in [0.2, 0.25) is 0 Å². The number of aromatic carboxylic acids is 1. The van der Waals surface area contributed by atoms with Gasteiger partial charge >= 0.3 is 5.97 Å². The van der Waals surface area contributed by atoms with Crippen molar-refractivity contribution in [3.63, 3.8) is 0 Å². The maximum Gasteiger partial charge on any atom is 0.347 e. The van der Waals surface area contributed by atoms with Gasteiger partial charge in [-0.2, -0.15) is 0 Å². The zero-order valence-corrected chi connectivity index (χ0v) is 7.02. The van der Waals surface area contributed by atoms with E-state index in [9.17, 15) is 4.79 Å². The molecule has 1 aromatic rings. The van der Waals surface area contributed by atoms with Crippen LogP contribution < -0.4 is 11.7 Å². The largest absolute Gasteiger partial charge is 0.477 e. The number of nitrogens with two attached hydrogens (primary N) is 2. The Balaban J connectivity index is 0.000000461. The van der Waals surface area contributed by atoms with Crippen LogP contribution in [0.3, 0.4) is 0 Å². The van der Waals surface area contributed by atoms with Gasteiger partial charge < -0.3 is 5.11 Å². The second kappa shape index (κ2) is 5.09. The Labute approximate surface area is 72.4 Å². The van der Waals surface area contributed by atoms with Crippen LogP contribution in [0.1, 0.15) is 9.67 Å². The van der Waals surface area contributed by atoms with Crippen LogP contribution in [-0.2, 0) is 0 Å². The lowest BCUT2D eigenvalue weighted by Crippen LogP contribution is -2.02. The zero-order valence-electron chi connectivity index (χ0n) is 5.45. The monoisotopic (exact) mass is 194 g/mol. The summed E-state index contributed by atoms with van der Waals surface area (Å²) in [6, 6.07) is 1.57. The summed E-state index contributed by atoms with van der Waals surface area (Å²) in [5, 5.41) is 10.3. The van der Waals surface area contributed by atoms with E-state index in [1.54, 1.807) is 11.4 Å². The third-order valence-corrected chi connectivity index (χ3v) is 2.14. The van der Waals surface area contributed by atoms with Crippen LogP contribution in [0.4, 0.5) is 0 Å². The standard InChI is InChI=1S/C5H3ClO2S.H4N2/c6-3-1-2-9-4(3)5(7)8;1-2/h1-2H,(H,7,8);1-2H2. The lowest BCUT2D eigenvalue weighted by atomic mass is 10.5. The van der Waals surface area contributed by atoms with Crippen LogP contribution in [0.5, 0.6) is 0 Å². The first kappa shape index (κ1) is 10.4. The Kier molecular flexibility index (Phi) is 4.80. The number of carboxylic acid groups (broad SMARTS) is 1. The highest BCUT2D eigenvalue weighted by molar-refractivity contribution is 7.12. The van der Waals surface area contributed by atoms with E-state index < -0.39 is 5.97 Å². The van der Waals surface area contributed by atoms with Crippen molar-refractivity contribution in [3.8, 4) is 0 Å². The van der Waals surface area contributed by atoms with Crippen molar-refractivity contribution in [2.24, 2.45) is 11.7 Å². The van der Waals surface area contributed by atoms with Crippen molar-refractivity contribution in [3.05, 3.63) is 21.3 Å². The van der Waals surface area contributed by atoms with Gasteiger partial charge in [0.1, 0.15) is 4.88 Å². The fourth-order valence-corrected chi connectivity index (χ4v) is 1.42. The number of carbonyl (C=O) groups is 1. The second-order valence-electron chi connectivity index (χ2n) is 1.40. The molecule has 0 bridgehead atoms. The SMILES string of the molecule is NN.O=C(O)c1sccc1Cl. The summed E-state index contributed by atoms with van der Waals surface area (Å²) in [5.74, 6) is 7.04. The molecule has 0 fully saturated rings. The number of halogens is 1. The van der Waals surface area contributed by atoms with Gasteiger partial charge in [0.25, 0.3) is 0 Å². The van der Waals surface area contributed by atoms with Crippen LogP contribution in [0.2, 0.25) is 5.02 Å². The smallest absolute Gasteiger partial charge is 0.347 e. The number of rotatable bonds is 1. The zero-order chi connectivity index (χ0) is 8.85. The maximum atomic E-state index is 10.2. The van der Waals surface area contributed by atoms with Crippen molar-refractivity contribution in [2.75, 3.05) is 0 Å². The molecular formula is C5H7ClN2O2S. The van der Waals surface area contributed by atoms with Crippen LogP contribution in [-0.4, -0.2) is 11.1 Å². The first-order valence-electron chi connectivity index (χ1n) is 2.51. The molecule has 0 unspecified atom stereocenters. The van der Waals surface area contributed by atoms with E-state index in [4.69, 9.17) is 16.7 Å². The molecule has 0 aromatic carbocycles. The van der Waals surface area contributed by atoms with Crippen molar-refractivity contribution < 1.29 is 9.90 Å². The molecule has 1 heterocycles. The quantitative estimate of drug-likeness (QED) is 0.458. The Hall–Kier alpha value is -0.620. The Morgan fingerprint density at radius 1 is 1.64 bits per heavy atom. The molecule has 1 rings (SSSR count). The fourth-order valence-electron chi connectivity index (χ4n) is 0.446. The lowest BCUT2D eigenvalue weighted by Gasteiger charge is -1.84. The molecule has 0 aliphatic carbocycles. The van der Waals surface area contributed by atoms with E-state index in [0.717, 1.165) is 11.3 Å². The van der Waals surface area contributed by atoms with E-state index in [1.165, 1.54) is 0 Å². The van der Waals surface area contributed by atoms with E-state index in [1.807, 2.05) is 0 Å². The summed E-state index contributed by atoms with van der Waals surface area (Å²) in [7, 11) is 0. The third kappa shape index (κ3) is 2.85. The van der Waals surface area contributed by atoms with Gasteiger partial charge in [-0.05, 0) is 11.4 Å². The van der Waals surface area contributed by atoms with Crippen molar-refractivity contribution in [1.29, 1.82) is 0 Å². The van der Waals surface area contributed by atoms with Gasteiger partial charge in [-0.1, -0.05) is 11.6 Å². The van der Waals surface area contributed by atoms with Gasteiger partial charge in [0.05, 0.1) is 5.02 Å². The van der Waals surface area contributed by atoms with Gasteiger partial charge in [0, 0.05) is 0 Å². The molecule has 0 aliphatic heterocycles. The highest BCUT2D eigenvalue weighted by atomic mass is 35.5. The number of hydrazine groups is 1. The van der Waals surface area contributed by atoms with Crippen molar-refractivity contribution >= 4 is 28.9 Å². The first-order chi connectivity index (χ1) is 5.22. The number of carboxylic acids is 1. The average molecular weight is 195 g/mol. The summed E-state index contributed by atoms with van der Waals surface area (Å²) in [6.45, 7) is 0. The summed E-state index contributed by atoms with van der Waals surface area (Å²) >= 11 is 6.59. The number of thiophene rings is 1. The van der Waals surface area contributed by atoms with E-state index in [-0.39, 0.29) is 4.88 Å². The van der Waals surface area contributed by atoms with Crippen LogP contribution in [0.25, 0.3) is 0 Å².